The standard InChI is InChI=1S/C27H28N4O10/c1-4-38-23(33)15(2)40-26(36)39-14-31-24(34)27(29-25(31)35,21-9-17-11-28-8-7-20(17)41-21)13-30-12-16-5-6-18(37-3)10-19(16)22(30)32/h5-11,15,25,29,35H,4,12-14H2,1-3H3/t15-,25?,27-/m0/s1. The smallest absolute Gasteiger partial charge is 0.497 e. The van der Waals surface area contributed by atoms with Crippen LogP contribution < -0.4 is 10.1 Å². The number of ether oxygens (including phenoxy) is 4. The second-order valence-electron chi connectivity index (χ2n) is 9.44. The number of nitrogens with zero attached hydrogens (tertiary/aromatic N) is 3. The summed E-state index contributed by atoms with van der Waals surface area (Å²) in [5.41, 5.74) is -0.154. The zero-order valence-corrected chi connectivity index (χ0v) is 22.5. The van der Waals surface area contributed by atoms with Crippen molar-refractivity contribution in [2.24, 2.45) is 0 Å². The monoisotopic (exact) mass is 568 g/mol. The van der Waals surface area contributed by atoms with Gasteiger partial charge in [0.1, 0.15) is 17.1 Å². The van der Waals surface area contributed by atoms with Gasteiger partial charge in [-0.2, -0.15) is 0 Å². The van der Waals surface area contributed by atoms with Gasteiger partial charge in [-0.1, -0.05) is 6.07 Å². The molecule has 0 spiro atoms. The second kappa shape index (κ2) is 11.1. The lowest BCUT2D eigenvalue weighted by Gasteiger charge is -2.30. The van der Waals surface area contributed by atoms with E-state index >= 15 is 0 Å². The molecular formula is C27H28N4O10. The third-order valence-corrected chi connectivity index (χ3v) is 6.87. The molecule has 0 aliphatic carbocycles. The SMILES string of the molecule is CCOC(=O)[C@H](C)OC(=O)OCN1C(=O)[C@](CN2Cc3ccc(OC)cc3C2=O)(c2cc3cnccc3o2)NC1O. The highest BCUT2D eigenvalue weighted by Crippen LogP contribution is 2.37. The lowest BCUT2D eigenvalue weighted by molar-refractivity contribution is -0.155. The number of amides is 2. The third-order valence-electron chi connectivity index (χ3n) is 6.87. The number of hydrogen-bond donors (Lipinski definition) is 2. The summed E-state index contributed by atoms with van der Waals surface area (Å²) in [7, 11) is 1.50. The fourth-order valence-electron chi connectivity index (χ4n) is 4.80. The van der Waals surface area contributed by atoms with Crippen LogP contribution >= 0.6 is 0 Å². The van der Waals surface area contributed by atoms with Crippen molar-refractivity contribution in [3.05, 3.63) is 59.6 Å². The number of hydrogen-bond acceptors (Lipinski definition) is 12. The average Bonchev–Trinajstić information content (AvgIpc) is 3.60. The first kappa shape index (κ1) is 27.9. The van der Waals surface area contributed by atoms with Crippen molar-refractivity contribution in [1.29, 1.82) is 0 Å². The molecule has 2 aromatic heterocycles. The van der Waals surface area contributed by atoms with Crippen LogP contribution in [-0.4, -0.2) is 83.3 Å². The largest absolute Gasteiger partial charge is 0.510 e. The highest BCUT2D eigenvalue weighted by molar-refractivity contribution is 6.00. The van der Waals surface area contributed by atoms with Gasteiger partial charge >= 0.3 is 12.1 Å². The molecule has 5 rings (SSSR count). The molecule has 41 heavy (non-hydrogen) atoms. The van der Waals surface area contributed by atoms with Gasteiger partial charge in [0.15, 0.2) is 24.7 Å². The summed E-state index contributed by atoms with van der Waals surface area (Å²) in [6.45, 7) is 2.25. The summed E-state index contributed by atoms with van der Waals surface area (Å²) < 4.78 is 25.9. The first-order chi connectivity index (χ1) is 19.7. The normalized spacial score (nSPS) is 20.7. The van der Waals surface area contributed by atoms with E-state index in [1.807, 2.05) is 0 Å². The number of aliphatic hydroxyl groups excluding tert-OH is 1. The Hall–Kier alpha value is -4.69. The maximum atomic E-state index is 14.0. The van der Waals surface area contributed by atoms with Crippen molar-refractivity contribution >= 4 is 34.9 Å². The number of carbonyl (C=O) groups excluding carboxylic acids is 4. The molecule has 14 heteroatoms. The molecule has 2 N–H and O–H groups in total. The summed E-state index contributed by atoms with van der Waals surface area (Å²) in [6, 6.07) is 8.34. The molecule has 0 radical (unpaired) electrons. The zero-order chi connectivity index (χ0) is 29.3. The Balaban J connectivity index is 1.40. The van der Waals surface area contributed by atoms with Crippen LogP contribution in [0.25, 0.3) is 11.0 Å². The molecule has 1 fully saturated rings. The van der Waals surface area contributed by atoms with Gasteiger partial charge < -0.3 is 33.4 Å². The highest BCUT2D eigenvalue weighted by Gasteiger charge is 2.56. The number of nitrogens with one attached hydrogen (secondary N) is 1. The Morgan fingerprint density at radius 2 is 2.05 bits per heavy atom. The average molecular weight is 569 g/mol. The fourth-order valence-corrected chi connectivity index (χ4v) is 4.80. The maximum absolute atomic E-state index is 14.0. The number of benzene rings is 1. The molecule has 1 saturated heterocycles. The molecular weight excluding hydrogens is 540 g/mol. The number of pyridine rings is 1. The van der Waals surface area contributed by atoms with Crippen LogP contribution in [0, 0.1) is 0 Å². The number of furan rings is 1. The minimum atomic E-state index is -1.76. The Morgan fingerprint density at radius 3 is 2.78 bits per heavy atom. The topological polar surface area (TPSA) is 170 Å². The summed E-state index contributed by atoms with van der Waals surface area (Å²) in [4.78, 5) is 57.7. The lowest BCUT2D eigenvalue weighted by Crippen LogP contribution is -2.53. The number of rotatable bonds is 9. The van der Waals surface area contributed by atoms with Crippen molar-refractivity contribution < 1.29 is 47.6 Å². The summed E-state index contributed by atoms with van der Waals surface area (Å²) in [5, 5.41) is 14.3. The van der Waals surface area contributed by atoms with Crippen LogP contribution in [0.4, 0.5) is 4.79 Å². The van der Waals surface area contributed by atoms with Gasteiger partial charge in [0.25, 0.3) is 11.8 Å². The number of methoxy groups -OCH3 is 1. The van der Waals surface area contributed by atoms with Crippen molar-refractivity contribution in [2.45, 2.75) is 38.4 Å². The Labute approximate surface area is 233 Å². The van der Waals surface area contributed by atoms with Crippen LogP contribution in [0.1, 0.15) is 35.5 Å². The van der Waals surface area contributed by atoms with Crippen molar-refractivity contribution in [2.75, 3.05) is 27.0 Å². The molecule has 14 nitrogen and oxygen atoms in total. The number of esters is 1. The van der Waals surface area contributed by atoms with E-state index in [4.69, 9.17) is 23.4 Å². The van der Waals surface area contributed by atoms with Crippen LogP contribution in [0.2, 0.25) is 0 Å². The third kappa shape index (κ3) is 5.14. The van der Waals surface area contributed by atoms with Crippen LogP contribution in [-0.2, 0) is 35.9 Å². The van der Waals surface area contributed by atoms with E-state index in [1.165, 1.54) is 25.1 Å². The molecule has 2 aliphatic rings. The Morgan fingerprint density at radius 1 is 1.24 bits per heavy atom. The summed E-state index contributed by atoms with van der Waals surface area (Å²) >= 11 is 0. The molecule has 0 bridgehead atoms. The first-order valence-electron chi connectivity index (χ1n) is 12.7. The first-order valence-corrected chi connectivity index (χ1v) is 12.7. The summed E-state index contributed by atoms with van der Waals surface area (Å²) in [5.74, 6) is -1.21. The van der Waals surface area contributed by atoms with Crippen LogP contribution in [0.3, 0.4) is 0 Å². The lowest BCUT2D eigenvalue weighted by atomic mass is 9.95. The van der Waals surface area contributed by atoms with Gasteiger partial charge in [-0.05, 0) is 43.7 Å². The molecule has 2 aliphatic heterocycles. The van der Waals surface area contributed by atoms with Gasteiger partial charge in [-0.15, -0.1) is 0 Å². The van der Waals surface area contributed by atoms with Crippen LogP contribution in [0.15, 0.2) is 47.1 Å². The van der Waals surface area contributed by atoms with E-state index < -0.39 is 42.8 Å². The van der Waals surface area contributed by atoms with E-state index in [-0.39, 0.29) is 31.4 Å². The van der Waals surface area contributed by atoms with Crippen LogP contribution in [0.5, 0.6) is 5.75 Å². The summed E-state index contributed by atoms with van der Waals surface area (Å²) in [6.07, 6.45) is -1.06. The van der Waals surface area contributed by atoms with E-state index in [2.05, 4.69) is 10.3 Å². The number of carbonyl (C=O) groups is 4. The highest BCUT2D eigenvalue weighted by atomic mass is 16.7. The van der Waals surface area contributed by atoms with E-state index in [0.717, 1.165) is 10.5 Å². The van der Waals surface area contributed by atoms with Gasteiger partial charge in [0.05, 0.1) is 20.3 Å². The van der Waals surface area contributed by atoms with Crippen molar-refractivity contribution in [3.63, 3.8) is 0 Å². The van der Waals surface area contributed by atoms with Crippen molar-refractivity contribution in [3.8, 4) is 5.75 Å². The minimum Gasteiger partial charge on any atom is -0.497 e. The zero-order valence-electron chi connectivity index (χ0n) is 22.5. The van der Waals surface area contributed by atoms with Gasteiger partial charge in [-0.25, -0.2) is 9.59 Å². The van der Waals surface area contributed by atoms with E-state index in [0.29, 0.717) is 22.3 Å². The van der Waals surface area contributed by atoms with Gasteiger partial charge in [0.2, 0.25) is 0 Å². The molecule has 3 atom stereocenters. The maximum Gasteiger partial charge on any atom is 0.510 e. The number of aliphatic hydroxyl groups is 1. The van der Waals surface area contributed by atoms with Crippen molar-refractivity contribution in [1.82, 2.24) is 20.1 Å². The second-order valence-corrected chi connectivity index (χ2v) is 9.44. The molecule has 2 amide bonds. The Bertz CT molecular complexity index is 1470. The number of aromatic nitrogens is 1. The fraction of sp³-hybridized carbons (Fsp3) is 0.370. The predicted molar refractivity (Wildman–Crippen MR) is 138 cm³/mol. The van der Waals surface area contributed by atoms with Gasteiger partial charge in [0, 0.05) is 29.9 Å². The molecule has 3 aromatic rings. The van der Waals surface area contributed by atoms with E-state index in [9.17, 15) is 24.3 Å². The quantitative estimate of drug-likeness (QED) is 0.357. The Kier molecular flexibility index (Phi) is 7.51. The number of fused-ring (bicyclic) bond motifs is 2. The van der Waals surface area contributed by atoms with Gasteiger partial charge in [-0.3, -0.25) is 24.8 Å². The molecule has 216 valence electrons. The molecule has 0 saturated carbocycles. The molecule has 1 aromatic carbocycles. The molecule has 1 unspecified atom stereocenters. The molecule has 4 heterocycles. The predicted octanol–water partition coefficient (Wildman–Crippen LogP) is 1.46. The van der Waals surface area contributed by atoms with E-state index in [1.54, 1.807) is 43.5 Å². The minimum absolute atomic E-state index is 0.0970.